The van der Waals surface area contributed by atoms with Gasteiger partial charge in [-0.2, -0.15) is 0 Å². The smallest absolute Gasteiger partial charge is 0.356 e. The number of anilines is 1. The molecule has 0 bridgehead atoms. The van der Waals surface area contributed by atoms with Crippen LogP contribution in [0.5, 0.6) is 5.75 Å². The second-order valence-electron chi connectivity index (χ2n) is 7.19. The van der Waals surface area contributed by atoms with Crippen molar-refractivity contribution in [3.05, 3.63) is 23.9 Å². The molecule has 146 valence electrons. The second kappa shape index (κ2) is 8.00. The molecule has 2 atom stereocenters. The molecule has 1 aromatic heterocycles. The number of nitrogens with one attached hydrogen (secondary N) is 2. The molecule has 2 heterocycles. The van der Waals surface area contributed by atoms with Crippen molar-refractivity contribution in [2.24, 2.45) is 5.92 Å². The number of aromatic amines is 1. The maximum atomic E-state index is 12.9. The number of carbonyl (C=O) groups excluding carboxylic acids is 2. The molecule has 7 heteroatoms. The van der Waals surface area contributed by atoms with Gasteiger partial charge in [-0.25, -0.2) is 4.79 Å². The summed E-state index contributed by atoms with van der Waals surface area (Å²) in [5.41, 5.74) is 1.37. The summed E-state index contributed by atoms with van der Waals surface area (Å²) in [4.78, 5) is 30.3. The Hall–Kier alpha value is -2.54. The molecule has 0 radical (unpaired) electrons. The van der Waals surface area contributed by atoms with Crippen molar-refractivity contribution in [3.8, 4) is 5.75 Å². The number of carbonyl (C=O) groups is 2. The third kappa shape index (κ3) is 3.93. The largest absolute Gasteiger partial charge is 0.497 e. The fourth-order valence-corrected chi connectivity index (χ4v) is 3.66. The number of methoxy groups -OCH3 is 2. The molecule has 0 spiro atoms. The molecule has 27 heavy (non-hydrogen) atoms. The molecule has 1 aliphatic rings. The Morgan fingerprint density at radius 1 is 1.33 bits per heavy atom. The van der Waals surface area contributed by atoms with Gasteiger partial charge < -0.3 is 19.8 Å². The van der Waals surface area contributed by atoms with Crippen LogP contribution in [-0.2, 0) is 9.53 Å². The topological polar surface area (TPSA) is 83.7 Å². The Bertz CT molecular complexity index is 845. The maximum Gasteiger partial charge on any atom is 0.356 e. The monoisotopic (exact) mass is 373 g/mol. The molecule has 2 N–H and O–H groups in total. The lowest BCUT2D eigenvalue weighted by Gasteiger charge is -2.34. The van der Waals surface area contributed by atoms with Gasteiger partial charge in [0.05, 0.1) is 31.5 Å². The van der Waals surface area contributed by atoms with Crippen LogP contribution in [0.2, 0.25) is 0 Å². The number of fused-ring (bicyclic) bond motifs is 1. The normalized spacial score (nSPS) is 18.9. The first-order chi connectivity index (χ1) is 12.9. The summed E-state index contributed by atoms with van der Waals surface area (Å²) in [5.74, 6) is 0.583. The maximum absolute atomic E-state index is 12.9. The van der Waals surface area contributed by atoms with E-state index in [1.165, 1.54) is 13.5 Å². The van der Waals surface area contributed by atoms with Gasteiger partial charge in [0, 0.05) is 18.0 Å². The van der Waals surface area contributed by atoms with E-state index in [0.29, 0.717) is 22.9 Å². The van der Waals surface area contributed by atoms with Crippen LogP contribution in [0.15, 0.2) is 18.2 Å². The minimum atomic E-state index is -0.528. The van der Waals surface area contributed by atoms with E-state index >= 15 is 0 Å². The molecule has 7 nitrogen and oxygen atoms in total. The number of likely N-dealkylation sites (tertiary alicyclic amines) is 1. The van der Waals surface area contributed by atoms with Gasteiger partial charge in [0.15, 0.2) is 0 Å². The van der Waals surface area contributed by atoms with Gasteiger partial charge in [-0.1, -0.05) is 6.92 Å². The zero-order chi connectivity index (χ0) is 19.6. The summed E-state index contributed by atoms with van der Waals surface area (Å²) >= 11 is 0. The molecule has 2 aromatic rings. The number of rotatable bonds is 5. The zero-order valence-corrected chi connectivity index (χ0v) is 16.3. The zero-order valence-electron chi connectivity index (χ0n) is 16.3. The van der Waals surface area contributed by atoms with Crippen LogP contribution in [0.3, 0.4) is 0 Å². The lowest BCUT2D eigenvalue weighted by molar-refractivity contribution is -0.121. The molecule has 1 amide bonds. The van der Waals surface area contributed by atoms with Crippen LogP contribution in [0, 0.1) is 5.92 Å². The third-order valence-corrected chi connectivity index (χ3v) is 5.26. The van der Waals surface area contributed by atoms with Gasteiger partial charge in [0.25, 0.3) is 0 Å². The van der Waals surface area contributed by atoms with Crippen LogP contribution in [0.25, 0.3) is 10.9 Å². The second-order valence-corrected chi connectivity index (χ2v) is 7.19. The van der Waals surface area contributed by atoms with E-state index in [9.17, 15) is 9.59 Å². The van der Waals surface area contributed by atoms with Crippen molar-refractivity contribution < 1.29 is 19.1 Å². The van der Waals surface area contributed by atoms with E-state index in [1.54, 1.807) is 19.2 Å². The molecule has 3 rings (SSSR count). The predicted octanol–water partition coefficient (Wildman–Crippen LogP) is 3.02. The standard InChI is InChI=1S/C20H27N3O4/c1-12-6-5-9-23(11-12)13(2)19(24)22-17-15-8-7-14(26-3)10-16(15)21-18(17)20(25)27-4/h7-8,10,12-13,21H,5-6,9,11H2,1-4H3,(H,22,24)/t12-,13-/m1/s1. The van der Waals surface area contributed by atoms with E-state index in [2.05, 4.69) is 22.1 Å². The first-order valence-corrected chi connectivity index (χ1v) is 9.27. The Kier molecular flexibility index (Phi) is 5.70. The van der Waals surface area contributed by atoms with E-state index in [0.717, 1.165) is 24.9 Å². The highest BCUT2D eigenvalue weighted by atomic mass is 16.5. The lowest BCUT2D eigenvalue weighted by atomic mass is 9.99. The minimum Gasteiger partial charge on any atom is -0.497 e. The highest BCUT2D eigenvalue weighted by Crippen LogP contribution is 2.31. The molecule has 1 aromatic carbocycles. The van der Waals surface area contributed by atoms with Crippen molar-refractivity contribution in [1.82, 2.24) is 9.88 Å². The van der Waals surface area contributed by atoms with Crippen molar-refractivity contribution in [3.63, 3.8) is 0 Å². The Morgan fingerprint density at radius 3 is 2.78 bits per heavy atom. The predicted molar refractivity (Wildman–Crippen MR) is 104 cm³/mol. The van der Waals surface area contributed by atoms with Gasteiger partial charge >= 0.3 is 5.97 Å². The van der Waals surface area contributed by atoms with Gasteiger partial charge in [-0.3, -0.25) is 9.69 Å². The Balaban J connectivity index is 1.90. The van der Waals surface area contributed by atoms with Crippen molar-refractivity contribution in [2.75, 3.05) is 32.6 Å². The number of hydrogen-bond donors (Lipinski definition) is 2. The highest BCUT2D eigenvalue weighted by Gasteiger charge is 2.28. The number of piperidine rings is 1. The molecule has 1 fully saturated rings. The number of esters is 1. The number of H-pyrrole nitrogens is 1. The van der Waals surface area contributed by atoms with Crippen LogP contribution in [0.4, 0.5) is 5.69 Å². The number of aromatic nitrogens is 1. The fourth-order valence-electron chi connectivity index (χ4n) is 3.66. The summed E-state index contributed by atoms with van der Waals surface area (Å²) in [6.07, 6.45) is 2.29. The van der Waals surface area contributed by atoms with Crippen molar-refractivity contribution >= 4 is 28.5 Å². The number of nitrogens with zero attached hydrogens (tertiary/aromatic N) is 1. The quantitative estimate of drug-likeness (QED) is 0.787. The van der Waals surface area contributed by atoms with E-state index in [1.807, 2.05) is 13.0 Å². The molecule has 0 aliphatic carbocycles. The van der Waals surface area contributed by atoms with Gasteiger partial charge in [-0.05, 0) is 44.4 Å². The lowest BCUT2D eigenvalue weighted by Crippen LogP contribution is -2.46. The highest BCUT2D eigenvalue weighted by molar-refractivity contribution is 6.11. The summed E-state index contributed by atoms with van der Waals surface area (Å²) < 4.78 is 10.1. The molecule has 1 saturated heterocycles. The molecule has 0 unspecified atom stereocenters. The van der Waals surface area contributed by atoms with E-state index < -0.39 is 5.97 Å². The van der Waals surface area contributed by atoms with Crippen LogP contribution in [0.1, 0.15) is 37.2 Å². The number of hydrogen-bond acceptors (Lipinski definition) is 5. The summed E-state index contributed by atoms with van der Waals surface area (Å²) in [7, 11) is 2.90. The van der Waals surface area contributed by atoms with Gasteiger partial charge in [0.2, 0.25) is 5.91 Å². The number of amides is 1. The van der Waals surface area contributed by atoms with Crippen LogP contribution < -0.4 is 10.1 Å². The molecule has 0 saturated carbocycles. The SMILES string of the molecule is COC(=O)c1[nH]c2cc(OC)ccc2c1NC(=O)[C@@H](C)N1CCC[C@@H](C)C1. The summed E-state index contributed by atoms with van der Waals surface area (Å²) in [5, 5.41) is 3.68. The third-order valence-electron chi connectivity index (χ3n) is 5.26. The van der Waals surface area contributed by atoms with E-state index in [-0.39, 0.29) is 17.6 Å². The number of benzene rings is 1. The Morgan fingerprint density at radius 2 is 2.11 bits per heavy atom. The van der Waals surface area contributed by atoms with Gasteiger partial charge in [0.1, 0.15) is 11.4 Å². The molecular weight excluding hydrogens is 346 g/mol. The van der Waals surface area contributed by atoms with Crippen molar-refractivity contribution in [1.29, 1.82) is 0 Å². The van der Waals surface area contributed by atoms with Crippen LogP contribution >= 0.6 is 0 Å². The average Bonchev–Trinajstić information content (AvgIpc) is 3.04. The van der Waals surface area contributed by atoms with Crippen molar-refractivity contribution in [2.45, 2.75) is 32.7 Å². The van der Waals surface area contributed by atoms with Crippen LogP contribution in [-0.4, -0.2) is 55.1 Å². The minimum absolute atomic E-state index is 0.133. The van der Waals surface area contributed by atoms with E-state index in [4.69, 9.17) is 9.47 Å². The average molecular weight is 373 g/mol. The van der Waals surface area contributed by atoms with Gasteiger partial charge in [-0.15, -0.1) is 0 Å². The summed E-state index contributed by atoms with van der Waals surface area (Å²) in [6.45, 7) is 5.93. The first kappa shape index (κ1) is 19.2. The first-order valence-electron chi connectivity index (χ1n) is 9.27. The number of ether oxygens (including phenoxy) is 2. The Labute approximate surface area is 159 Å². The molecular formula is C20H27N3O4. The molecule has 1 aliphatic heterocycles. The fraction of sp³-hybridized carbons (Fsp3) is 0.500. The summed E-state index contributed by atoms with van der Waals surface area (Å²) in [6, 6.07) is 5.12.